The lowest BCUT2D eigenvalue weighted by molar-refractivity contribution is 0.129. The highest BCUT2D eigenvalue weighted by atomic mass is 127. The third-order valence-corrected chi connectivity index (χ3v) is 6.42. The zero-order chi connectivity index (χ0) is 21.4. The molecule has 0 amide bonds. The normalized spacial score (nSPS) is 15.3. The molecule has 1 saturated heterocycles. The highest BCUT2D eigenvalue weighted by Gasteiger charge is 2.22. The number of halogens is 1. The minimum Gasteiger partial charge on any atom is -0.490 e. The van der Waals surface area contributed by atoms with Gasteiger partial charge in [0.1, 0.15) is 11.9 Å². The van der Waals surface area contributed by atoms with Crippen molar-refractivity contribution in [3.8, 4) is 5.75 Å². The number of para-hydroxylation sites is 1. The summed E-state index contributed by atoms with van der Waals surface area (Å²) in [6.45, 7) is 4.94. The number of piperidine rings is 1. The van der Waals surface area contributed by atoms with Gasteiger partial charge in [0.2, 0.25) is 10.0 Å². The number of nitrogens with one attached hydrogen (secondary N) is 2. The molecule has 0 saturated carbocycles. The number of nitrogens with zero attached hydrogens (tertiary/aromatic N) is 2. The van der Waals surface area contributed by atoms with Crippen LogP contribution in [0.3, 0.4) is 0 Å². The van der Waals surface area contributed by atoms with Crippen LogP contribution in [0, 0.1) is 0 Å². The van der Waals surface area contributed by atoms with Gasteiger partial charge in [-0.15, -0.1) is 24.0 Å². The average molecular weight is 558 g/mol. The summed E-state index contributed by atoms with van der Waals surface area (Å²) in [7, 11) is -2.05. The summed E-state index contributed by atoms with van der Waals surface area (Å²) in [6, 6.07) is 16.8. The third kappa shape index (κ3) is 7.36. The maximum Gasteiger partial charge on any atom is 0.240 e. The molecule has 3 rings (SSSR count). The monoisotopic (exact) mass is 558 g/mol. The van der Waals surface area contributed by atoms with E-state index in [9.17, 15) is 8.42 Å². The van der Waals surface area contributed by atoms with Crippen LogP contribution in [0.5, 0.6) is 5.75 Å². The van der Waals surface area contributed by atoms with Gasteiger partial charge in [0, 0.05) is 32.5 Å². The van der Waals surface area contributed by atoms with Crippen LogP contribution in [0.15, 0.2) is 64.5 Å². The van der Waals surface area contributed by atoms with Gasteiger partial charge in [-0.3, -0.25) is 0 Å². The highest BCUT2D eigenvalue weighted by molar-refractivity contribution is 14.0. The van der Waals surface area contributed by atoms with Gasteiger partial charge in [-0.25, -0.2) is 18.1 Å². The van der Waals surface area contributed by atoms with Gasteiger partial charge in [0.25, 0.3) is 0 Å². The van der Waals surface area contributed by atoms with Gasteiger partial charge < -0.3 is 15.0 Å². The number of likely N-dealkylation sites (tertiary alicyclic amines) is 1. The average Bonchev–Trinajstić information content (AvgIpc) is 2.78. The Morgan fingerprint density at radius 2 is 1.84 bits per heavy atom. The zero-order valence-corrected chi connectivity index (χ0v) is 21.1. The number of guanidine groups is 1. The molecule has 2 N–H and O–H groups in total. The Morgan fingerprint density at radius 1 is 1.13 bits per heavy atom. The van der Waals surface area contributed by atoms with Crippen LogP contribution in [0.1, 0.15) is 25.3 Å². The SMILES string of the molecule is CCNC(=NCc1cccc(S(=O)(=O)NC)c1)N1CCC(Oc2ccccc2)CC1.I. The third-order valence-electron chi connectivity index (χ3n) is 5.01. The predicted octanol–water partition coefficient (Wildman–Crippen LogP) is 3.22. The number of sulfonamides is 1. The number of ether oxygens (including phenoxy) is 1. The summed E-state index contributed by atoms with van der Waals surface area (Å²) in [5, 5.41) is 3.35. The molecule has 0 atom stereocenters. The number of hydrogen-bond donors (Lipinski definition) is 2. The molecule has 0 bridgehead atoms. The van der Waals surface area contributed by atoms with Gasteiger partial charge in [-0.1, -0.05) is 30.3 Å². The molecule has 1 aliphatic rings. The summed E-state index contributed by atoms with van der Waals surface area (Å²) in [5.41, 5.74) is 0.851. The molecule has 9 heteroatoms. The molecule has 0 spiro atoms. The van der Waals surface area contributed by atoms with Crippen molar-refractivity contribution in [2.45, 2.75) is 37.3 Å². The molecule has 0 radical (unpaired) electrons. The lowest BCUT2D eigenvalue weighted by Crippen LogP contribution is -2.47. The second-order valence-electron chi connectivity index (χ2n) is 7.14. The van der Waals surface area contributed by atoms with E-state index >= 15 is 0 Å². The molecule has 170 valence electrons. The van der Waals surface area contributed by atoms with Gasteiger partial charge in [0.05, 0.1) is 11.4 Å². The van der Waals surface area contributed by atoms with E-state index in [1.54, 1.807) is 18.2 Å². The molecule has 0 aromatic heterocycles. The maximum atomic E-state index is 12.0. The number of hydrogen-bond acceptors (Lipinski definition) is 4. The molecule has 7 nitrogen and oxygen atoms in total. The van der Waals surface area contributed by atoms with Gasteiger partial charge >= 0.3 is 0 Å². The highest BCUT2D eigenvalue weighted by Crippen LogP contribution is 2.19. The summed E-state index contributed by atoms with van der Waals surface area (Å²) in [5.74, 6) is 1.76. The maximum absolute atomic E-state index is 12.0. The summed E-state index contributed by atoms with van der Waals surface area (Å²) in [4.78, 5) is 7.23. The van der Waals surface area contributed by atoms with Crippen LogP contribution >= 0.6 is 24.0 Å². The predicted molar refractivity (Wildman–Crippen MR) is 135 cm³/mol. The molecule has 1 aliphatic heterocycles. The van der Waals surface area contributed by atoms with E-state index in [-0.39, 0.29) is 35.0 Å². The first-order chi connectivity index (χ1) is 14.5. The van der Waals surface area contributed by atoms with Crippen LogP contribution in [-0.4, -0.2) is 52.1 Å². The van der Waals surface area contributed by atoms with Gasteiger partial charge in [0.15, 0.2) is 5.96 Å². The zero-order valence-electron chi connectivity index (χ0n) is 18.0. The Kier molecular flexibility index (Phi) is 10.0. The first kappa shape index (κ1) is 25.4. The second-order valence-corrected chi connectivity index (χ2v) is 9.03. The van der Waals surface area contributed by atoms with Crippen molar-refractivity contribution >= 4 is 40.0 Å². The van der Waals surface area contributed by atoms with E-state index in [4.69, 9.17) is 9.73 Å². The molecule has 31 heavy (non-hydrogen) atoms. The van der Waals surface area contributed by atoms with Crippen molar-refractivity contribution in [2.24, 2.45) is 4.99 Å². The number of benzene rings is 2. The first-order valence-corrected chi connectivity index (χ1v) is 11.8. The number of rotatable bonds is 7. The molecular formula is C22H31IN4O3S. The van der Waals surface area contributed by atoms with Crippen molar-refractivity contribution in [2.75, 3.05) is 26.7 Å². The van der Waals surface area contributed by atoms with Crippen LogP contribution in [0.25, 0.3) is 0 Å². The molecule has 1 heterocycles. The fourth-order valence-electron chi connectivity index (χ4n) is 3.40. The van der Waals surface area contributed by atoms with E-state index in [1.165, 1.54) is 7.05 Å². The Hall–Kier alpha value is -1.85. The smallest absolute Gasteiger partial charge is 0.240 e. The Bertz CT molecular complexity index is 946. The Morgan fingerprint density at radius 3 is 2.48 bits per heavy atom. The van der Waals surface area contributed by atoms with E-state index in [0.717, 1.165) is 49.7 Å². The van der Waals surface area contributed by atoms with Gasteiger partial charge in [-0.2, -0.15) is 0 Å². The van der Waals surface area contributed by atoms with E-state index in [1.807, 2.05) is 43.3 Å². The topological polar surface area (TPSA) is 83.0 Å². The quantitative estimate of drug-likeness (QED) is 0.310. The van der Waals surface area contributed by atoms with E-state index in [0.29, 0.717) is 6.54 Å². The first-order valence-electron chi connectivity index (χ1n) is 10.3. The Balaban J connectivity index is 0.00000341. The lowest BCUT2D eigenvalue weighted by Gasteiger charge is -2.34. The van der Waals surface area contributed by atoms with Crippen molar-refractivity contribution in [3.05, 3.63) is 60.2 Å². The summed E-state index contributed by atoms with van der Waals surface area (Å²) in [6.07, 6.45) is 2.06. The molecule has 2 aromatic carbocycles. The lowest BCUT2D eigenvalue weighted by atomic mass is 10.1. The summed E-state index contributed by atoms with van der Waals surface area (Å²) >= 11 is 0. The van der Waals surface area contributed by atoms with E-state index in [2.05, 4.69) is 14.9 Å². The molecular weight excluding hydrogens is 527 g/mol. The largest absolute Gasteiger partial charge is 0.490 e. The fraction of sp³-hybridized carbons (Fsp3) is 0.409. The molecule has 1 fully saturated rings. The van der Waals surface area contributed by atoms with Crippen LogP contribution in [-0.2, 0) is 16.6 Å². The minimum absolute atomic E-state index is 0. The van der Waals surface area contributed by atoms with Crippen molar-refractivity contribution in [1.82, 2.24) is 14.9 Å². The molecule has 2 aromatic rings. The van der Waals surface area contributed by atoms with Crippen LogP contribution < -0.4 is 14.8 Å². The van der Waals surface area contributed by atoms with Gasteiger partial charge in [-0.05, 0) is 43.8 Å². The Labute approximate surface area is 202 Å². The standard InChI is InChI=1S/C22H30N4O3S.HI/c1-3-24-22(25-17-18-8-7-11-21(16-18)30(27,28)23-2)26-14-12-20(13-15-26)29-19-9-5-4-6-10-19;/h4-11,16,20,23H,3,12-15,17H2,1-2H3,(H,24,25);1H. The molecule has 0 aliphatic carbocycles. The fourth-order valence-corrected chi connectivity index (χ4v) is 4.20. The molecule has 0 unspecified atom stereocenters. The minimum atomic E-state index is -3.46. The van der Waals surface area contributed by atoms with Crippen molar-refractivity contribution in [1.29, 1.82) is 0 Å². The van der Waals surface area contributed by atoms with Crippen LogP contribution in [0.2, 0.25) is 0 Å². The van der Waals surface area contributed by atoms with Crippen LogP contribution in [0.4, 0.5) is 0 Å². The second kappa shape index (κ2) is 12.3. The van der Waals surface area contributed by atoms with Crippen molar-refractivity contribution in [3.63, 3.8) is 0 Å². The van der Waals surface area contributed by atoms with E-state index < -0.39 is 10.0 Å². The van der Waals surface area contributed by atoms with Crippen molar-refractivity contribution < 1.29 is 13.2 Å². The summed E-state index contributed by atoms with van der Waals surface area (Å²) < 4.78 is 32.5. The number of aliphatic imine (C=N–C) groups is 1.